The molecule has 0 amide bonds. The first kappa shape index (κ1) is 18.4. The van der Waals surface area contributed by atoms with Gasteiger partial charge in [-0.15, -0.1) is 0 Å². The number of hydrogen-bond donors (Lipinski definition) is 0. The maximum Gasteiger partial charge on any atom is 0.227 e. The van der Waals surface area contributed by atoms with E-state index in [0.717, 1.165) is 55.6 Å². The lowest BCUT2D eigenvalue weighted by molar-refractivity contribution is 0.471. The van der Waals surface area contributed by atoms with Crippen molar-refractivity contribution in [1.82, 2.24) is 24.5 Å². The second-order valence-corrected chi connectivity index (χ2v) is 7.63. The van der Waals surface area contributed by atoms with Gasteiger partial charge >= 0.3 is 0 Å². The van der Waals surface area contributed by atoms with Crippen LogP contribution in [0.3, 0.4) is 0 Å². The van der Waals surface area contributed by atoms with E-state index in [2.05, 4.69) is 31.7 Å². The molecular formula is C21H27N7. The molecule has 0 saturated carbocycles. The van der Waals surface area contributed by atoms with E-state index in [1.807, 2.05) is 50.6 Å². The van der Waals surface area contributed by atoms with Crippen molar-refractivity contribution in [3.05, 3.63) is 60.1 Å². The lowest BCUT2D eigenvalue weighted by Gasteiger charge is -2.33. The van der Waals surface area contributed by atoms with Gasteiger partial charge in [-0.1, -0.05) is 6.07 Å². The minimum atomic E-state index is 0.369. The van der Waals surface area contributed by atoms with Gasteiger partial charge in [-0.3, -0.25) is 4.98 Å². The van der Waals surface area contributed by atoms with E-state index in [0.29, 0.717) is 5.92 Å². The van der Waals surface area contributed by atoms with Gasteiger partial charge in [0.25, 0.3) is 0 Å². The predicted molar refractivity (Wildman–Crippen MR) is 111 cm³/mol. The summed E-state index contributed by atoms with van der Waals surface area (Å²) in [6.07, 6.45) is 11.8. The molecule has 3 aromatic heterocycles. The van der Waals surface area contributed by atoms with Gasteiger partial charge in [0, 0.05) is 69.7 Å². The number of anilines is 2. The average molecular weight is 377 g/mol. The number of aromatic nitrogens is 5. The Kier molecular flexibility index (Phi) is 5.23. The molecule has 0 aromatic carbocycles. The van der Waals surface area contributed by atoms with Crippen molar-refractivity contribution in [3.63, 3.8) is 0 Å². The van der Waals surface area contributed by atoms with Crippen LogP contribution < -0.4 is 9.80 Å². The zero-order valence-corrected chi connectivity index (χ0v) is 16.8. The van der Waals surface area contributed by atoms with Crippen LogP contribution >= 0.6 is 0 Å². The first-order valence-electron chi connectivity index (χ1n) is 9.77. The van der Waals surface area contributed by atoms with E-state index in [4.69, 9.17) is 9.97 Å². The molecule has 0 spiro atoms. The molecule has 0 N–H and O–H groups in total. The summed E-state index contributed by atoms with van der Waals surface area (Å²) in [5.41, 5.74) is 2.28. The van der Waals surface area contributed by atoms with Crippen molar-refractivity contribution < 1.29 is 0 Å². The fourth-order valence-corrected chi connectivity index (χ4v) is 3.90. The van der Waals surface area contributed by atoms with E-state index in [1.54, 1.807) is 6.20 Å². The van der Waals surface area contributed by atoms with E-state index in [1.165, 1.54) is 5.56 Å². The van der Waals surface area contributed by atoms with Gasteiger partial charge in [-0.2, -0.15) is 4.98 Å². The largest absolute Gasteiger partial charge is 0.362 e. The average Bonchev–Trinajstić information content (AvgIpc) is 3.17. The van der Waals surface area contributed by atoms with Crippen LogP contribution in [0.2, 0.25) is 0 Å². The normalized spacial score (nSPS) is 17.0. The first-order valence-corrected chi connectivity index (χ1v) is 9.77. The Morgan fingerprint density at radius 1 is 1.18 bits per heavy atom. The van der Waals surface area contributed by atoms with E-state index >= 15 is 0 Å². The number of nitrogens with zero attached hydrogens (tertiary/aromatic N) is 7. The molecule has 28 heavy (non-hydrogen) atoms. The Morgan fingerprint density at radius 3 is 2.86 bits per heavy atom. The lowest BCUT2D eigenvalue weighted by Crippen LogP contribution is -2.36. The Balaban J connectivity index is 1.54. The molecular weight excluding hydrogens is 350 g/mol. The molecule has 0 unspecified atom stereocenters. The Morgan fingerprint density at radius 2 is 2.07 bits per heavy atom. The molecule has 1 aliphatic heterocycles. The smallest absolute Gasteiger partial charge is 0.227 e. The van der Waals surface area contributed by atoms with Crippen molar-refractivity contribution in [3.8, 4) is 0 Å². The molecule has 0 aliphatic carbocycles. The van der Waals surface area contributed by atoms with Crippen LogP contribution in [0.4, 0.5) is 11.8 Å². The molecule has 7 heteroatoms. The monoisotopic (exact) mass is 377 g/mol. The van der Waals surface area contributed by atoms with Crippen LogP contribution in [0.1, 0.15) is 35.7 Å². The van der Waals surface area contributed by atoms with Gasteiger partial charge < -0.3 is 14.4 Å². The maximum atomic E-state index is 4.81. The molecule has 146 valence electrons. The Labute approximate surface area is 166 Å². The summed E-state index contributed by atoms with van der Waals surface area (Å²) in [4.78, 5) is 22.7. The fraction of sp³-hybridized carbons (Fsp3) is 0.429. The quantitative estimate of drug-likeness (QED) is 0.681. The van der Waals surface area contributed by atoms with Crippen molar-refractivity contribution in [1.29, 1.82) is 0 Å². The summed E-state index contributed by atoms with van der Waals surface area (Å²) in [5, 5.41) is 0. The fourth-order valence-electron chi connectivity index (χ4n) is 3.90. The number of rotatable bonds is 5. The molecule has 4 rings (SSSR count). The van der Waals surface area contributed by atoms with Gasteiger partial charge in [-0.05, 0) is 31.4 Å². The Bertz CT molecular complexity index is 920. The summed E-state index contributed by atoms with van der Waals surface area (Å²) in [6.45, 7) is 4.72. The summed E-state index contributed by atoms with van der Waals surface area (Å²) in [6, 6.07) is 4.08. The molecule has 3 aromatic rings. The molecule has 1 atom stereocenters. The highest BCUT2D eigenvalue weighted by molar-refractivity contribution is 5.48. The molecule has 0 bridgehead atoms. The van der Waals surface area contributed by atoms with Crippen LogP contribution in [0.25, 0.3) is 0 Å². The standard InChI is InChI=1S/C21H27N7/c1-16-12-24-21(25-19(16)26(2)3)28-10-5-7-18(15-28)20-23-9-11-27(20)14-17-6-4-8-22-13-17/h4,6,8-9,11-13,18H,5,7,10,14-15H2,1-3H3/t18-/m0/s1. The van der Waals surface area contributed by atoms with Crippen LogP contribution in [0.15, 0.2) is 43.1 Å². The first-order chi connectivity index (χ1) is 13.6. The summed E-state index contributed by atoms with van der Waals surface area (Å²) < 4.78 is 2.24. The van der Waals surface area contributed by atoms with Gasteiger partial charge in [0.05, 0.1) is 6.54 Å². The number of imidazole rings is 1. The second-order valence-electron chi connectivity index (χ2n) is 7.63. The number of pyridine rings is 1. The summed E-state index contributed by atoms with van der Waals surface area (Å²) >= 11 is 0. The van der Waals surface area contributed by atoms with E-state index in [9.17, 15) is 0 Å². The van der Waals surface area contributed by atoms with Crippen molar-refractivity contribution in [2.75, 3.05) is 37.0 Å². The topological polar surface area (TPSA) is 63.0 Å². The molecule has 4 heterocycles. The zero-order chi connectivity index (χ0) is 19.5. The van der Waals surface area contributed by atoms with Crippen molar-refractivity contribution in [2.45, 2.75) is 32.2 Å². The van der Waals surface area contributed by atoms with Crippen LogP contribution in [0.5, 0.6) is 0 Å². The van der Waals surface area contributed by atoms with Gasteiger partial charge in [0.2, 0.25) is 5.95 Å². The van der Waals surface area contributed by atoms with Gasteiger partial charge in [-0.25, -0.2) is 9.97 Å². The predicted octanol–water partition coefficient (Wildman–Crippen LogP) is 2.87. The third-order valence-electron chi connectivity index (χ3n) is 5.25. The highest BCUT2D eigenvalue weighted by Gasteiger charge is 2.26. The van der Waals surface area contributed by atoms with Crippen molar-refractivity contribution >= 4 is 11.8 Å². The number of hydrogen-bond acceptors (Lipinski definition) is 6. The number of piperidine rings is 1. The van der Waals surface area contributed by atoms with Crippen LogP contribution in [-0.2, 0) is 6.54 Å². The number of aryl methyl sites for hydroxylation is 1. The lowest BCUT2D eigenvalue weighted by atomic mass is 9.97. The minimum absolute atomic E-state index is 0.369. The summed E-state index contributed by atoms with van der Waals surface area (Å²) in [7, 11) is 4.04. The molecule has 1 saturated heterocycles. The summed E-state index contributed by atoms with van der Waals surface area (Å²) in [5.74, 6) is 3.29. The second kappa shape index (κ2) is 7.96. The molecule has 1 aliphatic rings. The van der Waals surface area contributed by atoms with Gasteiger partial charge in [0.15, 0.2) is 0 Å². The van der Waals surface area contributed by atoms with Gasteiger partial charge in [0.1, 0.15) is 11.6 Å². The maximum absolute atomic E-state index is 4.81. The third kappa shape index (κ3) is 3.83. The SMILES string of the molecule is Cc1cnc(N2CCC[C@H](c3nccn3Cc3cccnc3)C2)nc1N(C)C. The highest BCUT2D eigenvalue weighted by Crippen LogP contribution is 2.29. The third-order valence-corrected chi connectivity index (χ3v) is 5.25. The zero-order valence-electron chi connectivity index (χ0n) is 16.8. The van der Waals surface area contributed by atoms with E-state index < -0.39 is 0 Å². The van der Waals surface area contributed by atoms with Crippen molar-refractivity contribution in [2.24, 2.45) is 0 Å². The molecule has 0 radical (unpaired) electrons. The van der Waals surface area contributed by atoms with E-state index in [-0.39, 0.29) is 0 Å². The Hall–Kier alpha value is -2.96. The van der Waals surface area contributed by atoms with Crippen LogP contribution in [0, 0.1) is 6.92 Å². The molecule has 1 fully saturated rings. The minimum Gasteiger partial charge on any atom is -0.362 e. The highest BCUT2D eigenvalue weighted by atomic mass is 15.3. The molecule has 7 nitrogen and oxygen atoms in total. The van der Waals surface area contributed by atoms with Crippen LogP contribution in [-0.4, -0.2) is 51.7 Å².